The predicted molar refractivity (Wildman–Crippen MR) is 86.8 cm³/mol. The van der Waals surface area contributed by atoms with Gasteiger partial charge in [-0.15, -0.1) is 0 Å². The lowest BCUT2D eigenvalue weighted by Gasteiger charge is -2.08. The molecule has 22 heavy (non-hydrogen) atoms. The Bertz CT molecular complexity index is 833. The lowest BCUT2D eigenvalue weighted by molar-refractivity contribution is -0.388. The van der Waals surface area contributed by atoms with E-state index in [1.165, 1.54) is 12.1 Å². The molecule has 0 aliphatic heterocycles. The van der Waals surface area contributed by atoms with E-state index in [2.05, 4.69) is 0 Å². The van der Waals surface area contributed by atoms with Crippen molar-refractivity contribution < 1.29 is 13.3 Å². The fourth-order valence-corrected chi connectivity index (χ4v) is 3.84. The van der Waals surface area contributed by atoms with Crippen molar-refractivity contribution >= 4 is 50.5 Å². The molecule has 0 atom stereocenters. The van der Waals surface area contributed by atoms with Gasteiger partial charge in [0.2, 0.25) is 0 Å². The second-order valence-electron chi connectivity index (χ2n) is 4.31. The second-order valence-corrected chi connectivity index (χ2v) is 8.19. The van der Waals surface area contributed by atoms with Gasteiger partial charge < -0.3 is 0 Å². The zero-order chi connectivity index (χ0) is 16.5. The highest BCUT2D eigenvalue weighted by atomic mass is 35.5. The number of nitrogens with zero attached hydrogens (tertiary/aromatic N) is 1. The summed E-state index contributed by atoms with van der Waals surface area (Å²) in [4.78, 5) is 11.2. The van der Waals surface area contributed by atoms with Gasteiger partial charge in [-0.05, 0) is 24.3 Å². The summed E-state index contributed by atoms with van der Waals surface area (Å²) in [6, 6.07) is 8.62. The summed E-state index contributed by atoms with van der Waals surface area (Å²) in [6.07, 6.45) is 0.990. The lowest BCUT2D eigenvalue weighted by Crippen LogP contribution is -1.99. The number of benzene rings is 2. The molecule has 0 aromatic heterocycles. The van der Waals surface area contributed by atoms with E-state index >= 15 is 0 Å². The van der Waals surface area contributed by atoms with Crippen LogP contribution in [0.1, 0.15) is 0 Å². The van der Waals surface area contributed by atoms with Crippen LogP contribution in [0.25, 0.3) is 0 Å². The molecule has 0 saturated carbocycles. The van der Waals surface area contributed by atoms with Gasteiger partial charge in [0.05, 0.1) is 24.8 Å². The molecule has 0 fully saturated rings. The number of nitro groups is 1. The molecule has 0 aliphatic rings. The van der Waals surface area contributed by atoms with Crippen LogP contribution in [0.3, 0.4) is 0 Å². The number of hydrogen-bond acceptors (Lipinski definition) is 5. The van der Waals surface area contributed by atoms with Gasteiger partial charge in [0, 0.05) is 17.2 Å². The molecule has 9 heteroatoms. The highest BCUT2D eigenvalue weighted by molar-refractivity contribution is 7.99. The Balaban J connectivity index is 2.54. The Labute approximate surface area is 141 Å². The summed E-state index contributed by atoms with van der Waals surface area (Å²) >= 11 is 13.1. The summed E-state index contributed by atoms with van der Waals surface area (Å²) < 4.78 is 23.0. The van der Waals surface area contributed by atoms with Crippen LogP contribution in [0.2, 0.25) is 10.0 Å². The third-order valence-corrected chi connectivity index (χ3v) is 5.86. The van der Waals surface area contributed by atoms with Crippen molar-refractivity contribution in [1.29, 1.82) is 0 Å². The monoisotopic (exact) mass is 377 g/mol. The fraction of sp³-hybridized carbons (Fsp3) is 0.0769. The van der Waals surface area contributed by atoms with E-state index in [9.17, 15) is 18.5 Å². The van der Waals surface area contributed by atoms with E-state index in [1.807, 2.05) is 0 Å². The van der Waals surface area contributed by atoms with E-state index in [-0.39, 0.29) is 15.5 Å². The lowest BCUT2D eigenvalue weighted by atomic mass is 10.3. The van der Waals surface area contributed by atoms with Gasteiger partial charge in [0.25, 0.3) is 5.69 Å². The Hall–Kier alpha value is -1.28. The van der Waals surface area contributed by atoms with Crippen LogP contribution in [0, 0.1) is 10.1 Å². The number of hydrogen-bond donors (Lipinski definition) is 0. The van der Waals surface area contributed by atoms with Crippen LogP contribution in [0.4, 0.5) is 5.69 Å². The molecular formula is C13H9Cl2NO4S2. The largest absolute Gasteiger partial charge is 0.284 e. The third kappa shape index (κ3) is 3.73. The quantitative estimate of drug-likeness (QED) is 0.580. The van der Waals surface area contributed by atoms with E-state index in [4.69, 9.17) is 23.2 Å². The molecule has 0 spiro atoms. The third-order valence-electron chi connectivity index (χ3n) is 2.69. The van der Waals surface area contributed by atoms with Crippen LogP contribution in [-0.2, 0) is 9.84 Å². The van der Waals surface area contributed by atoms with Gasteiger partial charge in [-0.3, -0.25) is 10.1 Å². The van der Waals surface area contributed by atoms with Gasteiger partial charge in [-0.25, -0.2) is 8.42 Å². The van der Waals surface area contributed by atoms with E-state index in [0.717, 1.165) is 24.1 Å². The summed E-state index contributed by atoms with van der Waals surface area (Å²) in [5.41, 5.74) is -0.316. The van der Waals surface area contributed by atoms with Gasteiger partial charge >= 0.3 is 0 Å². The van der Waals surface area contributed by atoms with E-state index in [0.29, 0.717) is 14.9 Å². The maximum atomic E-state index is 11.5. The van der Waals surface area contributed by atoms with E-state index in [1.54, 1.807) is 18.2 Å². The molecule has 0 saturated heterocycles. The van der Waals surface area contributed by atoms with Crippen molar-refractivity contribution in [2.45, 2.75) is 14.7 Å². The first kappa shape index (κ1) is 17.1. The summed E-state index contributed by atoms with van der Waals surface area (Å²) in [6.45, 7) is 0. The van der Waals surface area contributed by atoms with Gasteiger partial charge in [-0.2, -0.15) is 0 Å². The van der Waals surface area contributed by atoms with Crippen LogP contribution < -0.4 is 0 Å². The van der Waals surface area contributed by atoms with Crippen LogP contribution in [0.5, 0.6) is 0 Å². The first-order valence-electron chi connectivity index (χ1n) is 5.80. The van der Waals surface area contributed by atoms with Crippen LogP contribution in [-0.4, -0.2) is 19.6 Å². The average molecular weight is 378 g/mol. The molecule has 2 aromatic rings. The smallest absolute Gasteiger partial charge is 0.258 e. The van der Waals surface area contributed by atoms with E-state index < -0.39 is 14.8 Å². The van der Waals surface area contributed by atoms with Crippen LogP contribution in [0.15, 0.2) is 51.1 Å². The second kappa shape index (κ2) is 6.45. The molecule has 0 radical (unpaired) electrons. The van der Waals surface area contributed by atoms with Crippen LogP contribution >= 0.6 is 35.0 Å². The number of nitro benzene ring substituents is 1. The SMILES string of the molecule is CS(=O)(=O)c1ccc(Sc2c(Cl)cccc2Cl)c([N+](=O)[O-])c1. The van der Waals surface area contributed by atoms with Crippen molar-refractivity contribution in [2.24, 2.45) is 0 Å². The molecule has 0 aliphatic carbocycles. The molecule has 0 N–H and O–H groups in total. The summed E-state index contributed by atoms with van der Waals surface area (Å²) in [5.74, 6) is 0. The topological polar surface area (TPSA) is 77.3 Å². The molecule has 5 nitrogen and oxygen atoms in total. The van der Waals surface area contributed by atoms with Gasteiger partial charge in [0.15, 0.2) is 9.84 Å². The van der Waals surface area contributed by atoms with Gasteiger partial charge in [0.1, 0.15) is 0 Å². The van der Waals surface area contributed by atoms with Crippen molar-refractivity contribution in [1.82, 2.24) is 0 Å². The maximum absolute atomic E-state index is 11.5. The predicted octanol–water partition coefficient (Wildman–Crippen LogP) is 4.46. The van der Waals surface area contributed by atoms with Crippen molar-refractivity contribution in [3.8, 4) is 0 Å². The highest BCUT2D eigenvalue weighted by Gasteiger charge is 2.21. The molecule has 2 aromatic carbocycles. The average Bonchev–Trinajstić information content (AvgIpc) is 2.42. The number of rotatable bonds is 4. The molecule has 0 heterocycles. The van der Waals surface area contributed by atoms with Crippen molar-refractivity contribution in [2.75, 3.05) is 6.26 Å². The molecule has 0 amide bonds. The zero-order valence-electron chi connectivity index (χ0n) is 11.1. The Morgan fingerprint density at radius 2 is 1.73 bits per heavy atom. The van der Waals surface area contributed by atoms with Crippen molar-refractivity contribution in [3.63, 3.8) is 0 Å². The first-order chi connectivity index (χ1) is 10.2. The minimum atomic E-state index is -3.53. The van der Waals surface area contributed by atoms with Crippen molar-refractivity contribution in [3.05, 3.63) is 56.6 Å². The zero-order valence-corrected chi connectivity index (χ0v) is 14.3. The molecule has 2 rings (SSSR count). The Kier molecular flexibility index (Phi) is 5.01. The molecule has 116 valence electrons. The molecule has 0 unspecified atom stereocenters. The standard InChI is InChI=1S/C13H9Cl2NO4S2/c1-22(19,20)8-5-6-12(11(7-8)16(17)18)21-13-9(14)3-2-4-10(13)15/h2-7H,1H3. The maximum Gasteiger partial charge on any atom is 0.284 e. The minimum absolute atomic E-state index is 0.117. The number of halogens is 2. The van der Waals surface area contributed by atoms with Gasteiger partial charge in [-0.1, -0.05) is 41.0 Å². The first-order valence-corrected chi connectivity index (χ1v) is 9.27. The Morgan fingerprint density at radius 3 is 2.23 bits per heavy atom. The normalized spacial score (nSPS) is 11.4. The fourth-order valence-electron chi connectivity index (χ4n) is 1.65. The highest BCUT2D eigenvalue weighted by Crippen LogP contribution is 2.42. The minimum Gasteiger partial charge on any atom is -0.258 e. The molecule has 0 bridgehead atoms. The number of sulfone groups is 1. The Morgan fingerprint density at radius 1 is 1.14 bits per heavy atom. The summed E-state index contributed by atoms with van der Waals surface area (Å²) in [5, 5.41) is 11.9. The summed E-state index contributed by atoms with van der Waals surface area (Å²) in [7, 11) is -3.53. The molecular weight excluding hydrogens is 369 g/mol.